The molecule has 0 N–H and O–H groups in total. The molecule has 2 heteroatoms. The highest BCUT2D eigenvalue weighted by molar-refractivity contribution is 5.52. The number of anilines is 1. The summed E-state index contributed by atoms with van der Waals surface area (Å²) in [5.41, 5.74) is 2.46. The Morgan fingerprint density at radius 3 is 2.11 bits per heavy atom. The van der Waals surface area contributed by atoms with Crippen molar-refractivity contribution in [3.63, 3.8) is 0 Å². The summed E-state index contributed by atoms with van der Waals surface area (Å²) >= 11 is 0. The van der Waals surface area contributed by atoms with Gasteiger partial charge in [0.15, 0.2) is 0 Å². The lowest BCUT2D eigenvalue weighted by Gasteiger charge is -2.20. The van der Waals surface area contributed by atoms with Crippen LogP contribution in [0.15, 0.2) is 18.2 Å². The molecule has 0 bridgehead atoms. The fourth-order valence-corrected chi connectivity index (χ4v) is 1.62. The molecule has 112 valence electrons. The van der Waals surface area contributed by atoms with E-state index in [1.165, 1.54) is 24.1 Å². The maximum Gasteiger partial charge on any atom is 0.121 e. The molecule has 0 aliphatic carbocycles. The van der Waals surface area contributed by atoms with Crippen molar-refractivity contribution in [2.75, 3.05) is 25.6 Å². The SMILES string of the molecule is CC.CC.CCCCN(C)c1ccc(OC)c(C)c1. The van der Waals surface area contributed by atoms with Crippen LogP contribution in [-0.2, 0) is 0 Å². The van der Waals surface area contributed by atoms with Crippen LogP contribution in [0.4, 0.5) is 5.69 Å². The Bertz CT molecular complexity index is 310. The first-order valence-electron chi connectivity index (χ1n) is 7.54. The molecule has 0 aliphatic heterocycles. The quantitative estimate of drug-likeness (QED) is 0.718. The molecule has 0 saturated carbocycles. The van der Waals surface area contributed by atoms with E-state index in [1.807, 2.05) is 33.8 Å². The first-order chi connectivity index (χ1) is 9.19. The summed E-state index contributed by atoms with van der Waals surface area (Å²) in [6.45, 7) is 13.4. The van der Waals surface area contributed by atoms with Crippen molar-refractivity contribution in [1.82, 2.24) is 0 Å². The van der Waals surface area contributed by atoms with Crippen molar-refractivity contribution in [2.24, 2.45) is 0 Å². The molecule has 0 radical (unpaired) electrons. The summed E-state index contributed by atoms with van der Waals surface area (Å²) in [6.07, 6.45) is 2.47. The molecule has 0 amide bonds. The number of benzene rings is 1. The molecule has 0 atom stereocenters. The van der Waals surface area contributed by atoms with Gasteiger partial charge in [-0.2, -0.15) is 0 Å². The van der Waals surface area contributed by atoms with Crippen LogP contribution in [0.25, 0.3) is 0 Å². The van der Waals surface area contributed by atoms with Crippen molar-refractivity contribution in [2.45, 2.75) is 54.4 Å². The number of nitrogens with zero attached hydrogens (tertiary/aromatic N) is 1. The molecule has 0 aliphatic rings. The van der Waals surface area contributed by atoms with E-state index in [4.69, 9.17) is 4.74 Å². The number of methoxy groups -OCH3 is 1. The number of unbranched alkanes of at least 4 members (excludes halogenated alkanes) is 1. The van der Waals surface area contributed by atoms with Gasteiger partial charge in [-0.15, -0.1) is 0 Å². The Kier molecular flexibility index (Phi) is 14.1. The van der Waals surface area contributed by atoms with Crippen molar-refractivity contribution in [3.05, 3.63) is 23.8 Å². The second-order valence-electron chi connectivity index (χ2n) is 3.93. The number of aryl methyl sites for hydroxylation is 1. The average molecular weight is 267 g/mol. The van der Waals surface area contributed by atoms with Crippen LogP contribution in [0, 0.1) is 6.92 Å². The summed E-state index contributed by atoms with van der Waals surface area (Å²) in [5, 5.41) is 0. The van der Waals surface area contributed by atoms with Crippen LogP contribution < -0.4 is 9.64 Å². The van der Waals surface area contributed by atoms with Gasteiger partial charge in [-0.25, -0.2) is 0 Å². The molecule has 1 aromatic carbocycles. The molecule has 1 rings (SSSR count). The van der Waals surface area contributed by atoms with Crippen LogP contribution in [0.1, 0.15) is 53.0 Å². The maximum absolute atomic E-state index is 5.24. The minimum Gasteiger partial charge on any atom is -0.496 e. The zero-order valence-electron chi connectivity index (χ0n) is 14.2. The largest absolute Gasteiger partial charge is 0.496 e. The summed E-state index contributed by atoms with van der Waals surface area (Å²) in [6, 6.07) is 6.32. The van der Waals surface area contributed by atoms with E-state index in [0.29, 0.717) is 0 Å². The van der Waals surface area contributed by atoms with Crippen molar-refractivity contribution < 1.29 is 4.74 Å². The van der Waals surface area contributed by atoms with Gasteiger partial charge >= 0.3 is 0 Å². The topological polar surface area (TPSA) is 12.5 Å². The Balaban J connectivity index is 0. The molecule has 0 fully saturated rings. The first-order valence-corrected chi connectivity index (χ1v) is 7.54. The second kappa shape index (κ2) is 13.3. The molecule has 1 aromatic rings. The van der Waals surface area contributed by atoms with Gasteiger partial charge in [0.05, 0.1) is 7.11 Å². The van der Waals surface area contributed by atoms with E-state index in [0.717, 1.165) is 12.3 Å². The van der Waals surface area contributed by atoms with Gasteiger partial charge in [-0.1, -0.05) is 41.0 Å². The highest BCUT2D eigenvalue weighted by atomic mass is 16.5. The summed E-state index contributed by atoms with van der Waals surface area (Å²) in [4.78, 5) is 2.29. The Morgan fingerprint density at radius 1 is 1.11 bits per heavy atom. The molecule has 0 aromatic heterocycles. The normalized spacial score (nSPS) is 8.63. The van der Waals surface area contributed by atoms with Gasteiger partial charge in [0, 0.05) is 19.3 Å². The van der Waals surface area contributed by atoms with E-state index in [1.54, 1.807) is 7.11 Å². The van der Waals surface area contributed by atoms with E-state index in [9.17, 15) is 0 Å². The van der Waals surface area contributed by atoms with Crippen molar-refractivity contribution >= 4 is 5.69 Å². The molecule has 0 unspecified atom stereocenters. The summed E-state index contributed by atoms with van der Waals surface area (Å²) in [5.74, 6) is 0.961. The van der Waals surface area contributed by atoms with E-state index >= 15 is 0 Å². The van der Waals surface area contributed by atoms with Crippen LogP contribution in [0.3, 0.4) is 0 Å². The highest BCUT2D eigenvalue weighted by Crippen LogP contribution is 2.23. The lowest BCUT2D eigenvalue weighted by Crippen LogP contribution is -2.18. The van der Waals surface area contributed by atoms with Crippen LogP contribution >= 0.6 is 0 Å². The van der Waals surface area contributed by atoms with Gasteiger partial charge in [0.25, 0.3) is 0 Å². The molecular formula is C17H33NO. The third kappa shape index (κ3) is 7.76. The van der Waals surface area contributed by atoms with Gasteiger partial charge in [0.1, 0.15) is 5.75 Å². The second-order valence-corrected chi connectivity index (χ2v) is 3.93. The van der Waals surface area contributed by atoms with Crippen LogP contribution in [-0.4, -0.2) is 20.7 Å². The summed E-state index contributed by atoms with van der Waals surface area (Å²) in [7, 11) is 3.85. The van der Waals surface area contributed by atoms with Crippen LogP contribution in [0.5, 0.6) is 5.75 Å². The van der Waals surface area contributed by atoms with Gasteiger partial charge < -0.3 is 9.64 Å². The van der Waals surface area contributed by atoms with E-state index in [-0.39, 0.29) is 0 Å². The Hall–Kier alpha value is -1.18. The third-order valence-electron chi connectivity index (χ3n) is 2.67. The molecular weight excluding hydrogens is 234 g/mol. The fourth-order valence-electron chi connectivity index (χ4n) is 1.62. The monoisotopic (exact) mass is 267 g/mol. The minimum atomic E-state index is 0.961. The van der Waals surface area contributed by atoms with E-state index in [2.05, 4.69) is 37.9 Å². The lowest BCUT2D eigenvalue weighted by atomic mass is 10.2. The molecule has 2 nitrogen and oxygen atoms in total. The predicted octanol–water partition coefficient (Wildman–Crippen LogP) is 5.29. The smallest absolute Gasteiger partial charge is 0.121 e. The molecule has 0 heterocycles. The van der Waals surface area contributed by atoms with Gasteiger partial charge in [-0.05, 0) is 37.1 Å². The van der Waals surface area contributed by atoms with Gasteiger partial charge in [-0.3, -0.25) is 0 Å². The Labute approximate surface area is 120 Å². The molecule has 19 heavy (non-hydrogen) atoms. The minimum absolute atomic E-state index is 0.961. The predicted molar refractivity (Wildman–Crippen MR) is 88.6 cm³/mol. The number of hydrogen-bond donors (Lipinski definition) is 0. The summed E-state index contributed by atoms with van der Waals surface area (Å²) < 4.78 is 5.24. The van der Waals surface area contributed by atoms with Crippen LogP contribution in [0.2, 0.25) is 0 Å². The zero-order valence-corrected chi connectivity index (χ0v) is 14.2. The number of hydrogen-bond acceptors (Lipinski definition) is 2. The standard InChI is InChI=1S/C13H21NO.2C2H6/c1-5-6-9-14(3)12-7-8-13(15-4)11(2)10-12;2*1-2/h7-8,10H,5-6,9H2,1-4H3;2*1-2H3. The average Bonchev–Trinajstić information content (AvgIpc) is 2.48. The fraction of sp³-hybridized carbons (Fsp3) is 0.647. The molecule has 0 spiro atoms. The maximum atomic E-state index is 5.24. The highest BCUT2D eigenvalue weighted by Gasteiger charge is 2.03. The molecule has 0 saturated heterocycles. The number of rotatable bonds is 5. The van der Waals surface area contributed by atoms with Gasteiger partial charge in [0.2, 0.25) is 0 Å². The van der Waals surface area contributed by atoms with Crippen molar-refractivity contribution in [3.8, 4) is 5.75 Å². The first kappa shape index (κ1) is 20.1. The lowest BCUT2D eigenvalue weighted by molar-refractivity contribution is 0.411. The number of ether oxygens (including phenoxy) is 1. The van der Waals surface area contributed by atoms with E-state index < -0.39 is 0 Å². The zero-order chi connectivity index (χ0) is 15.3. The third-order valence-corrected chi connectivity index (χ3v) is 2.67. The van der Waals surface area contributed by atoms with Crippen molar-refractivity contribution in [1.29, 1.82) is 0 Å². The Morgan fingerprint density at radius 2 is 1.68 bits per heavy atom.